The number of aromatic nitrogens is 2. The Morgan fingerprint density at radius 3 is 2.65 bits per heavy atom. The normalized spacial score (nSPS) is 11.4. The third-order valence-corrected chi connectivity index (χ3v) is 8.37. The molecule has 2 aromatic heterocycles. The monoisotopic (exact) mass is 598 g/mol. The fourth-order valence-corrected chi connectivity index (χ4v) is 6.34. The van der Waals surface area contributed by atoms with Crippen LogP contribution in [0.1, 0.15) is 47.9 Å². The molecule has 0 aliphatic heterocycles. The van der Waals surface area contributed by atoms with Gasteiger partial charge in [-0.3, -0.25) is 0 Å². The van der Waals surface area contributed by atoms with Gasteiger partial charge in [0.15, 0.2) is 0 Å². The summed E-state index contributed by atoms with van der Waals surface area (Å²) < 4.78 is 13.4. The van der Waals surface area contributed by atoms with Gasteiger partial charge in [-0.05, 0) is 19.3 Å². The van der Waals surface area contributed by atoms with Crippen molar-refractivity contribution in [1.82, 2.24) is 15.5 Å². The molecule has 1 aromatic carbocycles. The van der Waals surface area contributed by atoms with Crippen LogP contribution >= 0.6 is 11.3 Å². The second-order valence-electron chi connectivity index (χ2n) is 8.57. The molecule has 186 valence electrons. The first-order chi connectivity index (χ1) is 16.2. The minimum atomic E-state index is -0.479. The van der Waals surface area contributed by atoms with Gasteiger partial charge in [-0.2, -0.15) is 0 Å². The number of alkyl halides is 2. The Hall–Kier alpha value is -1.98. The van der Waals surface area contributed by atoms with Crippen LogP contribution in [0.25, 0.3) is 22.2 Å². The summed E-state index contributed by atoms with van der Waals surface area (Å²) >= 11 is 1.36. The molecule has 0 saturated carbocycles. The number of nitrogens with zero attached hydrogens (tertiary/aromatic N) is 2. The number of benzene rings is 1. The number of hydrogen-bond acceptors (Lipinski definition) is 7. The third kappa shape index (κ3) is 6.37. The fraction of sp³-hybridized carbons (Fsp3) is 0.480. The summed E-state index contributed by atoms with van der Waals surface area (Å²) in [6.07, 6.45) is 1.86. The Bertz CT molecular complexity index is 1140. The van der Waals surface area contributed by atoms with Gasteiger partial charge in [-0.1, -0.05) is 13.8 Å². The molecule has 0 fully saturated rings. The number of hydrogen-bond donors (Lipinski definition) is 2. The zero-order valence-corrected chi connectivity index (χ0v) is 23.6. The van der Waals surface area contributed by atoms with Crippen LogP contribution in [-0.2, 0) is 17.6 Å². The molecular formula is C25H33IN3O4S-. The molecule has 9 heteroatoms. The van der Waals surface area contributed by atoms with Gasteiger partial charge in [0.2, 0.25) is 0 Å². The Balaban J connectivity index is 1.78. The van der Waals surface area contributed by atoms with Crippen LogP contribution in [0.3, 0.4) is 0 Å². The molecule has 0 atom stereocenters. The van der Waals surface area contributed by atoms with Gasteiger partial charge >= 0.3 is 183 Å². The van der Waals surface area contributed by atoms with Crippen molar-refractivity contribution in [3.63, 3.8) is 0 Å². The van der Waals surface area contributed by atoms with Crippen molar-refractivity contribution in [2.24, 2.45) is 5.92 Å². The van der Waals surface area contributed by atoms with E-state index in [1.54, 1.807) is 11.3 Å². The van der Waals surface area contributed by atoms with Crippen molar-refractivity contribution in [3.8, 4) is 28.0 Å². The first kappa shape index (κ1) is 26.6. The number of aliphatic hydroxyl groups excluding tert-OH is 1. The van der Waals surface area contributed by atoms with E-state index in [-0.39, 0.29) is 27.1 Å². The van der Waals surface area contributed by atoms with Gasteiger partial charge in [-0.15, -0.1) is 0 Å². The minimum absolute atomic E-state index is 0.350. The van der Waals surface area contributed by atoms with Gasteiger partial charge in [0.05, 0.1) is 0 Å². The van der Waals surface area contributed by atoms with Gasteiger partial charge in [-0.25, -0.2) is 0 Å². The zero-order chi connectivity index (χ0) is 24.8. The number of aliphatic hydroxyl groups is 1. The number of amides is 1. The maximum absolute atomic E-state index is 11.1. The van der Waals surface area contributed by atoms with E-state index in [1.807, 2.05) is 13.0 Å². The molecule has 0 radical (unpaired) electrons. The molecule has 0 unspecified atom stereocenters. The van der Waals surface area contributed by atoms with E-state index in [1.165, 1.54) is 16.0 Å². The third-order valence-electron chi connectivity index (χ3n) is 5.46. The van der Waals surface area contributed by atoms with Gasteiger partial charge in [0.25, 0.3) is 0 Å². The van der Waals surface area contributed by atoms with Crippen molar-refractivity contribution in [3.05, 3.63) is 39.3 Å². The molecule has 0 bridgehead atoms. The van der Waals surface area contributed by atoms with Gasteiger partial charge < -0.3 is 0 Å². The van der Waals surface area contributed by atoms with Crippen LogP contribution in [-0.4, -0.2) is 37.0 Å². The topological polar surface area (TPSA) is 97.5 Å². The van der Waals surface area contributed by atoms with Crippen LogP contribution in [0.5, 0.6) is 5.75 Å². The first-order valence-electron chi connectivity index (χ1n) is 11.4. The van der Waals surface area contributed by atoms with E-state index in [2.05, 4.69) is 56.2 Å². The molecule has 0 aliphatic carbocycles. The van der Waals surface area contributed by atoms with Crippen molar-refractivity contribution < 1.29 is 40.3 Å². The van der Waals surface area contributed by atoms with Crippen molar-refractivity contribution in [1.29, 1.82) is 0 Å². The van der Waals surface area contributed by atoms with E-state index >= 15 is 0 Å². The molecule has 3 rings (SSSR count). The molecule has 7 nitrogen and oxygen atoms in total. The number of nitrogens with one attached hydrogen (secondary N) is 1. The molecule has 3 aromatic rings. The molecule has 0 aliphatic rings. The predicted octanol–water partition coefficient (Wildman–Crippen LogP) is 1.64. The van der Waals surface area contributed by atoms with Crippen LogP contribution in [0.4, 0.5) is 0 Å². The van der Waals surface area contributed by atoms with Crippen molar-refractivity contribution >= 4 is 17.2 Å². The molecule has 0 spiro atoms. The molecule has 0 saturated heterocycles. The van der Waals surface area contributed by atoms with Gasteiger partial charge in [0.1, 0.15) is 0 Å². The molecular weight excluding hydrogens is 565 g/mol. The predicted molar refractivity (Wildman–Crippen MR) is 131 cm³/mol. The number of carbonyl (C=O) groups is 1. The average molecular weight is 599 g/mol. The number of ether oxygens (including phenoxy) is 1. The summed E-state index contributed by atoms with van der Waals surface area (Å²) in [6.45, 7) is 12.4. The maximum atomic E-state index is 11.1. The Labute approximate surface area is 215 Å². The summed E-state index contributed by atoms with van der Waals surface area (Å²) in [5.74, 6) is 2.20. The molecule has 2 heterocycles. The van der Waals surface area contributed by atoms with Crippen LogP contribution < -0.4 is 31.3 Å². The van der Waals surface area contributed by atoms with E-state index < -0.39 is 6.61 Å². The summed E-state index contributed by atoms with van der Waals surface area (Å²) in [5.41, 5.74) is 5.61. The summed E-state index contributed by atoms with van der Waals surface area (Å²) in [4.78, 5) is 13.5. The van der Waals surface area contributed by atoms with Crippen molar-refractivity contribution in [2.45, 2.75) is 54.4 Å². The summed E-state index contributed by atoms with van der Waals surface area (Å²) in [7, 11) is 0. The fourth-order valence-electron chi connectivity index (χ4n) is 3.78. The molecule has 34 heavy (non-hydrogen) atoms. The van der Waals surface area contributed by atoms with E-state index in [4.69, 9.17) is 14.3 Å². The Morgan fingerprint density at radius 2 is 1.97 bits per heavy atom. The number of thiophene rings is 1. The van der Waals surface area contributed by atoms with E-state index in [0.29, 0.717) is 26.9 Å². The molecule has 2 N–H and O–H groups in total. The van der Waals surface area contributed by atoms with Crippen molar-refractivity contribution in [2.75, 3.05) is 15.8 Å². The SMILES string of the molecule is CCc1cc(-c2nnc(-c3sc(C)c(CC(C)C)c3C)o2)cc(C)c1OC[I-]CNC(=O)CO. The van der Waals surface area contributed by atoms with Crippen LogP contribution in [0, 0.1) is 26.7 Å². The van der Waals surface area contributed by atoms with E-state index in [0.717, 1.165) is 40.2 Å². The van der Waals surface area contributed by atoms with Crippen LogP contribution in [0.2, 0.25) is 0 Å². The van der Waals surface area contributed by atoms with Gasteiger partial charge in [0, 0.05) is 0 Å². The Kier molecular flexibility index (Phi) is 9.49. The van der Waals surface area contributed by atoms with E-state index in [9.17, 15) is 4.79 Å². The first-order valence-corrected chi connectivity index (χ1v) is 15.2. The standard InChI is InChI=1S/C25H33IN3O4S/c1-7-18-10-19(9-15(4)22(18)32-13-26-12-27-21(31)11-30)24-28-29-25(33-24)23-16(5)20(8-14(2)3)17(6)34-23/h9-10,14,30H,7-8,11-13H2,1-6H3,(H,27,31)/q-1. The average Bonchev–Trinajstić information content (AvgIpc) is 3.39. The summed E-state index contributed by atoms with van der Waals surface area (Å²) in [6, 6.07) is 4.08. The quantitative estimate of drug-likeness (QED) is 0.151. The molecule has 1 amide bonds. The second kappa shape index (κ2) is 12.1. The zero-order valence-electron chi connectivity index (χ0n) is 20.6. The van der Waals surface area contributed by atoms with Crippen LogP contribution in [0.15, 0.2) is 16.5 Å². The number of halogens is 1. The number of carbonyl (C=O) groups excluding carboxylic acids is 1. The number of rotatable bonds is 11. The second-order valence-corrected chi connectivity index (χ2v) is 12.3. The number of aryl methyl sites for hydroxylation is 3. The Morgan fingerprint density at radius 1 is 1.24 bits per heavy atom. The summed E-state index contributed by atoms with van der Waals surface area (Å²) in [5, 5.41) is 20.2.